The number of aliphatic imine (C=N–C) groups is 1. The van der Waals surface area contributed by atoms with E-state index in [1.807, 2.05) is 42.5 Å². The summed E-state index contributed by atoms with van der Waals surface area (Å²) in [7, 11) is 3.22. The largest absolute Gasteiger partial charge is 0.493 e. The van der Waals surface area contributed by atoms with Crippen LogP contribution in [0.1, 0.15) is 21.5 Å². The number of methoxy groups -OCH3 is 1. The van der Waals surface area contributed by atoms with Crippen molar-refractivity contribution in [2.45, 2.75) is 6.61 Å². The van der Waals surface area contributed by atoms with Gasteiger partial charge in [-0.3, -0.25) is 9.69 Å². The molecule has 5 rings (SSSR count). The van der Waals surface area contributed by atoms with Crippen molar-refractivity contribution >= 4 is 51.3 Å². The number of hydrogen-bond donors (Lipinski definition) is 1. The molecule has 0 aromatic heterocycles. The van der Waals surface area contributed by atoms with Gasteiger partial charge in [-0.15, -0.1) is 0 Å². The SMILES string of the molecule is COc1cc(C=C2SC(=Nc3cccc(C(=O)O)c3)N(C)C2=O)ccc1OCc1cccc2ccccc12. The molecule has 4 aromatic rings. The number of amidine groups is 1. The number of nitrogens with zero attached hydrogens (tertiary/aromatic N) is 2. The molecule has 190 valence electrons. The van der Waals surface area contributed by atoms with Crippen LogP contribution in [-0.4, -0.2) is 41.2 Å². The number of hydrogen-bond acceptors (Lipinski definition) is 6. The molecule has 1 N–H and O–H groups in total. The molecule has 4 aromatic carbocycles. The summed E-state index contributed by atoms with van der Waals surface area (Å²) in [5, 5.41) is 12.0. The topological polar surface area (TPSA) is 88.4 Å². The first-order valence-electron chi connectivity index (χ1n) is 11.8. The number of thioether (sulfide) groups is 1. The van der Waals surface area contributed by atoms with Crippen LogP contribution in [0.15, 0.2) is 94.8 Å². The summed E-state index contributed by atoms with van der Waals surface area (Å²) in [6.45, 7) is 0.389. The Morgan fingerprint density at radius 1 is 1.00 bits per heavy atom. The highest BCUT2D eigenvalue weighted by Gasteiger charge is 2.30. The van der Waals surface area contributed by atoms with Crippen LogP contribution in [0.4, 0.5) is 5.69 Å². The zero-order valence-corrected chi connectivity index (χ0v) is 21.6. The molecule has 38 heavy (non-hydrogen) atoms. The summed E-state index contributed by atoms with van der Waals surface area (Å²) < 4.78 is 11.7. The molecule has 0 radical (unpaired) electrons. The number of likely N-dealkylation sites (N-methyl/N-ethyl adjacent to an activating group) is 1. The van der Waals surface area contributed by atoms with Crippen molar-refractivity contribution in [3.8, 4) is 11.5 Å². The highest BCUT2D eigenvalue weighted by molar-refractivity contribution is 8.18. The van der Waals surface area contributed by atoms with Gasteiger partial charge in [0.15, 0.2) is 16.7 Å². The number of carboxylic acids is 1. The molecule has 0 atom stereocenters. The lowest BCUT2D eigenvalue weighted by Crippen LogP contribution is -2.23. The molecule has 1 fully saturated rings. The molecule has 1 saturated heterocycles. The van der Waals surface area contributed by atoms with Crippen molar-refractivity contribution in [2.75, 3.05) is 14.2 Å². The first kappa shape index (κ1) is 25.1. The summed E-state index contributed by atoms with van der Waals surface area (Å²) in [5.41, 5.74) is 2.45. The maximum Gasteiger partial charge on any atom is 0.335 e. The van der Waals surface area contributed by atoms with Crippen LogP contribution in [0, 0.1) is 0 Å². The second-order valence-corrected chi connectivity index (χ2v) is 9.57. The predicted octanol–water partition coefficient (Wildman–Crippen LogP) is 6.36. The molecule has 0 spiro atoms. The molecule has 1 amide bonds. The number of amides is 1. The van der Waals surface area contributed by atoms with Gasteiger partial charge in [-0.1, -0.05) is 54.6 Å². The Bertz CT molecular complexity index is 1610. The minimum Gasteiger partial charge on any atom is -0.493 e. The van der Waals surface area contributed by atoms with Gasteiger partial charge in [0.05, 0.1) is 23.3 Å². The highest BCUT2D eigenvalue weighted by atomic mass is 32.2. The van der Waals surface area contributed by atoms with E-state index in [0.29, 0.717) is 33.9 Å². The van der Waals surface area contributed by atoms with E-state index < -0.39 is 5.97 Å². The Morgan fingerprint density at radius 2 is 1.79 bits per heavy atom. The second kappa shape index (κ2) is 10.8. The van der Waals surface area contributed by atoms with Crippen LogP contribution in [0.3, 0.4) is 0 Å². The number of fused-ring (bicyclic) bond motifs is 1. The van der Waals surface area contributed by atoms with Gasteiger partial charge in [0, 0.05) is 7.05 Å². The summed E-state index contributed by atoms with van der Waals surface area (Å²) in [5.74, 6) is -0.0681. The van der Waals surface area contributed by atoms with Crippen LogP contribution < -0.4 is 9.47 Å². The van der Waals surface area contributed by atoms with E-state index in [0.717, 1.165) is 21.9 Å². The fraction of sp³-hybridized carbons (Fsp3) is 0.100. The minimum atomic E-state index is -1.03. The Labute approximate surface area is 224 Å². The van der Waals surface area contributed by atoms with E-state index in [-0.39, 0.29) is 11.5 Å². The number of ether oxygens (including phenoxy) is 2. The van der Waals surface area contributed by atoms with Gasteiger partial charge >= 0.3 is 5.97 Å². The third kappa shape index (κ3) is 5.26. The van der Waals surface area contributed by atoms with Gasteiger partial charge in [0.25, 0.3) is 5.91 Å². The lowest BCUT2D eigenvalue weighted by atomic mass is 10.1. The highest BCUT2D eigenvalue weighted by Crippen LogP contribution is 2.35. The summed E-state index contributed by atoms with van der Waals surface area (Å²) >= 11 is 1.23. The first-order chi connectivity index (χ1) is 18.4. The normalized spacial score (nSPS) is 15.4. The minimum absolute atomic E-state index is 0.134. The van der Waals surface area contributed by atoms with Crippen molar-refractivity contribution in [1.29, 1.82) is 0 Å². The van der Waals surface area contributed by atoms with Crippen LogP contribution in [0.5, 0.6) is 11.5 Å². The number of carbonyl (C=O) groups excluding carboxylic acids is 1. The molecule has 0 saturated carbocycles. The van der Waals surface area contributed by atoms with Gasteiger partial charge in [-0.05, 0) is 70.1 Å². The van der Waals surface area contributed by atoms with Crippen molar-refractivity contribution in [3.63, 3.8) is 0 Å². The fourth-order valence-corrected chi connectivity index (χ4v) is 5.08. The lowest BCUT2D eigenvalue weighted by molar-refractivity contribution is -0.121. The number of benzene rings is 4. The molecule has 0 unspecified atom stereocenters. The number of rotatable bonds is 7. The van der Waals surface area contributed by atoms with Gasteiger partial charge in [0.1, 0.15) is 6.61 Å². The van der Waals surface area contributed by atoms with Crippen LogP contribution in [0.25, 0.3) is 16.8 Å². The van der Waals surface area contributed by atoms with E-state index in [1.165, 1.54) is 28.8 Å². The molecule has 0 aliphatic carbocycles. The Balaban J connectivity index is 1.35. The van der Waals surface area contributed by atoms with E-state index >= 15 is 0 Å². The maximum atomic E-state index is 12.9. The zero-order chi connectivity index (χ0) is 26.6. The van der Waals surface area contributed by atoms with E-state index in [1.54, 1.807) is 32.4 Å². The number of carboxylic acid groups (broad SMARTS) is 1. The molecule has 1 aliphatic rings. The quantitative estimate of drug-likeness (QED) is 0.283. The summed E-state index contributed by atoms with van der Waals surface area (Å²) in [6, 6.07) is 26.1. The molecule has 8 heteroatoms. The van der Waals surface area contributed by atoms with Crippen molar-refractivity contribution < 1.29 is 24.2 Å². The fourth-order valence-electron chi connectivity index (χ4n) is 4.09. The Kier molecular flexibility index (Phi) is 7.15. The smallest absolute Gasteiger partial charge is 0.335 e. The Morgan fingerprint density at radius 3 is 2.61 bits per heavy atom. The number of aromatic carboxylic acids is 1. The van der Waals surface area contributed by atoms with Gasteiger partial charge in [0.2, 0.25) is 0 Å². The number of carbonyl (C=O) groups is 2. The third-order valence-electron chi connectivity index (χ3n) is 6.07. The van der Waals surface area contributed by atoms with Crippen LogP contribution in [-0.2, 0) is 11.4 Å². The monoisotopic (exact) mass is 524 g/mol. The van der Waals surface area contributed by atoms with Gasteiger partial charge in [-0.25, -0.2) is 9.79 Å². The standard InChI is InChI=1S/C30H24N2O5S/c1-32-28(33)27(38-30(32)31-23-11-6-9-21(17-23)29(34)35)16-19-13-14-25(26(15-19)36-2)37-18-22-10-5-8-20-7-3-4-12-24(20)22/h3-17H,18H2,1-2H3,(H,34,35). The summed E-state index contributed by atoms with van der Waals surface area (Å²) in [4.78, 5) is 30.6. The van der Waals surface area contributed by atoms with Gasteiger partial charge < -0.3 is 14.6 Å². The van der Waals surface area contributed by atoms with Gasteiger partial charge in [-0.2, -0.15) is 0 Å². The third-order valence-corrected chi connectivity index (χ3v) is 7.13. The molecule has 1 aliphatic heterocycles. The average Bonchev–Trinajstić information content (AvgIpc) is 3.19. The average molecular weight is 525 g/mol. The lowest BCUT2D eigenvalue weighted by Gasteiger charge is -2.13. The Hall–Kier alpha value is -4.56. The van der Waals surface area contributed by atoms with Crippen molar-refractivity contribution in [2.24, 2.45) is 4.99 Å². The van der Waals surface area contributed by atoms with Crippen LogP contribution in [0.2, 0.25) is 0 Å². The van der Waals surface area contributed by atoms with E-state index in [2.05, 4.69) is 23.2 Å². The molecular formula is C30H24N2O5S. The van der Waals surface area contributed by atoms with E-state index in [9.17, 15) is 14.7 Å². The zero-order valence-electron chi connectivity index (χ0n) is 20.8. The molecular weight excluding hydrogens is 500 g/mol. The summed E-state index contributed by atoms with van der Waals surface area (Å²) in [6.07, 6.45) is 1.77. The van der Waals surface area contributed by atoms with E-state index in [4.69, 9.17) is 9.47 Å². The molecule has 7 nitrogen and oxygen atoms in total. The molecule has 1 heterocycles. The molecule has 0 bridgehead atoms. The van der Waals surface area contributed by atoms with Crippen molar-refractivity contribution in [1.82, 2.24) is 4.90 Å². The first-order valence-corrected chi connectivity index (χ1v) is 12.6. The predicted molar refractivity (Wildman–Crippen MR) is 150 cm³/mol. The van der Waals surface area contributed by atoms with Crippen molar-refractivity contribution in [3.05, 3.63) is 107 Å². The van der Waals surface area contributed by atoms with Crippen LogP contribution >= 0.6 is 11.8 Å². The second-order valence-electron chi connectivity index (χ2n) is 8.56. The maximum absolute atomic E-state index is 12.9.